The molecule has 1 saturated heterocycles. The molecule has 2 aromatic rings. The molecule has 0 radical (unpaired) electrons. The standard InChI is InChI=1S/C18H22N2O3S2/c1-13-11-17(19-14(2)21)3-4-18(13)25(22,23)20-8-5-15(6-9-20)16-7-10-24-12-16/h3-4,7,10-12,15H,5-6,8-9H2,1-2H3,(H,19,21). The molecule has 1 aromatic heterocycles. The lowest BCUT2D eigenvalue weighted by Gasteiger charge is -2.31. The fourth-order valence-corrected chi connectivity index (χ4v) is 5.71. The number of piperidine rings is 1. The Morgan fingerprint density at radius 3 is 2.52 bits per heavy atom. The molecule has 0 saturated carbocycles. The molecule has 1 aliphatic heterocycles. The highest BCUT2D eigenvalue weighted by molar-refractivity contribution is 7.89. The average Bonchev–Trinajstić information content (AvgIpc) is 3.08. The maximum atomic E-state index is 13.0. The van der Waals surface area contributed by atoms with Crippen LogP contribution in [0, 0.1) is 6.92 Å². The van der Waals surface area contributed by atoms with Gasteiger partial charge in [-0.3, -0.25) is 4.79 Å². The van der Waals surface area contributed by atoms with Crippen molar-refractivity contribution in [3.8, 4) is 0 Å². The average molecular weight is 379 g/mol. The van der Waals surface area contributed by atoms with E-state index >= 15 is 0 Å². The summed E-state index contributed by atoms with van der Waals surface area (Å²) in [6.07, 6.45) is 1.69. The number of nitrogens with one attached hydrogen (secondary N) is 1. The number of nitrogens with zero attached hydrogens (tertiary/aromatic N) is 1. The van der Waals surface area contributed by atoms with Gasteiger partial charge in [0.05, 0.1) is 4.90 Å². The first-order valence-electron chi connectivity index (χ1n) is 8.28. The number of thiophene rings is 1. The lowest BCUT2D eigenvalue weighted by molar-refractivity contribution is -0.114. The summed E-state index contributed by atoms with van der Waals surface area (Å²) >= 11 is 1.68. The van der Waals surface area contributed by atoms with Crippen molar-refractivity contribution < 1.29 is 13.2 Å². The molecule has 1 aliphatic rings. The van der Waals surface area contributed by atoms with Gasteiger partial charge >= 0.3 is 0 Å². The van der Waals surface area contributed by atoms with Gasteiger partial charge in [0.1, 0.15) is 0 Å². The zero-order valence-corrected chi connectivity index (χ0v) is 16.0. The van der Waals surface area contributed by atoms with Gasteiger partial charge in [-0.1, -0.05) is 0 Å². The second-order valence-electron chi connectivity index (χ2n) is 6.40. The van der Waals surface area contributed by atoms with E-state index in [1.165, 1.54) is 12.5 Å². The van der Waals surface area contributed by atoms with Crippen LogP contribution in [0.2, 0.25) is 0 Å². The summed E-state index contributed by atoms with van der Waals surface area (Å²) in [7, 11) is -3.51. The van der Waals surface area contributed by atoms with Gasteiger partial charge in [0.25, 0.3) is 0 Å². The molecule has 1 fully saturated rings. The number of aryl methyl sites for hydroxylation is 1. The monoisotopic (exact) mass is 378 g/mol. The molecule has 25 heavy (non-hydrogen) atoms. The third-order valence-corrected chi connectivity index (χ3v) is 7.34. The maximum absolute atomic E-state index is 13.0. The SMILES string of the molecule is CC(=O)Nc1ccc(S(=O)(=O)N2CCC(c3ccsc3)CC2)c(C)c1. The van der Waals surface area contributed by atoms with E-state index in [2.05, 4.69) is 22.1 Å². The summed E-state index contributed by atoms with van der Waals surface area (Å²) in [6.45, 7) is 4.26. The number of carbonyl (C=O) groups is 1. The molecule has 1 amide bonds. The van der Waals surface area contributed by atoms with Crippen LogP contribution >= 0.6 is 11.3 Å². The van der Waals surface area contributed by atoms with Crippen LogP contribution in [0.1, 0.15) is 36.8 Å². The molecule has 0 spiro atoms. The lowest BCUT2D eigenvalue weighted by atomic mass is 9.92. The van der Waals surface area contributed by atoms with Gasteiger partial charge < -0.3 is 5.32 Å². The molecular weight excluding hydrogens is 356 g/mol. The van der Waals surface area contributed by atoms with Gasteiger partial charge in [-0.25, -0.2) is 8.42 Å². The summed E-state index contributed by atoms with van der Waals surface area (Å²) in [6, 6.07) is 7.05. The summed E-state index contributed by atoms with van der Waals surface area (Å²) in [5.41, 5.74) is 2.57. The lowest BCUT2D eigenvalue weighted by Crippen LogP contribution is -2.38. The third kappa shape index (κ3) is 3.94. The van der Waals surface area contributed by atoms with E-state index < -0.39 is 10.0 Å². The van der Waals surface area contributed by atoms with Crippen molar-refractivity contribution in [1.82, 2.24) is 4.31 Å². The van der Waals surface area contributed by atoms with Crippen LogP contribution in [-0.4, -0.2) is 31.7 Å². The predicted molar refractivity (Wildman–Crippen MR) is 101 cm³/mol. The number of carbonyl (C=O) groups excluding carboxylic acids is 1. The Kier molecular flexibility index (Phi) is 5.27. The second-order valence-corrected chi connectivity index (χ2v) is 9.08. The number of sulfonamides is 1. The molecule has 3 rings (SSSR count). The predicted octanol–water partition coefficient (Wildman–Crippen LogP) is 3.58. The minimum atomic E-state index is -3.51. The molecule has 0 bridgehead atoms. The number of rotatable bonds is 4. The Morgan fingerprint density at radius 1 is 1.24 bits per heavy atom. The Hall–Kier alpha value is -1.70. The van der Waals surface area contributed by atoms with Crippen molar-refractivity contribution in [2.75, 3.05) is 18.4 Å². The molecule has 0 aliphatic carbocycles. The van der Waals surface area contributed by atoms with Crippen molar-refractivity contribution in [2.24, 2.45) is 0 Å². The van der Waals surface area contributed by atoms with Crippen molar-refractivity contribution in [3.63, 3.8) is 0 Å². The number of hydrogen-bond acceptors (Lipinski definition) is 4. The Morgan fingerprint density at radius 2 is 1.96 bits per heavy atom. The fourth-order valence-electron chi connectivity index (χ4n) is 3.30. The second kappa shape index (κ2) is 7.27. The van der Waals surface area contributed by atoms with E-state index in [9.17, 15) is 13.2 Å². The Bertz CT molecular complexity index is 852. The Labute approximate surface area is 152 Å². The van der Waals surface area contributed by atoms with E-state index in [0.717, 1.165) is 12.8 Å². The smallest absolute Gasteiger partial charge is 0.243 e. The van der Waals surface area contributed by atoms with Gasteiger partial charge in [-0.15, -0.1) is 0 Å². The van der Waals surface area contributed by atoms with Crippen molar-refractivity contribution in [2.45, 2.75) is 37.5 Å². The highest BCUT2D eigenvalue weighted by Gasteiger charge is 2.31. The van der Waals surface area contributed by atoms with Crippen LogP contribution < -0.4 is 5.32 Å². The number of hydrogen-bond donors (Lipinski definition) is 1. The van der Waals surface area contributed by atoms with Gasteiger partial charge in [0.15, 0.2) is 0 Å². The molecule has 0 unspecified atom stereocenters. The third-order valence-electron chi connectivity index (χ3n) is 4.58. The van der Waals surface area contributed by atoms with Gasteiger partial charge in [0.2, 0.25) is 15.9 Å². The summed E-state index contributed by atoms with van der Waals surface area (Å²) < 4.78 is 27.5. The summed E-state index contributed by atoms with van der Waals surface area (Å²) in [4.78, 5) is 11.5. The molecule has 5 nitrogen and oxygen atoms in total. The van der Waals surface area contributed by atoms with Crippen LogP contribution in [0.5, 0.6) is 0 Å². The van der Waals surface area contributed by atoms with Crippen LogP contribution in [0.4, 0.5) is 5.69 Å². The molecular formula is C18H22N2O3S2. The number of amides is 1. The number of benzene rings is 1. The molecule has 1 aromatic carbocycles. The quantitative estimate of drug-likeness (QED) is 0.884. The normalized spacial score (nSPS) is 16.7. The van der Waals surface area contributed by atoms with E-state index in [4.69, 9.17) is 0 Å². The molecule has 1 N–H and O–H groups in total. The zero-order chi connectivity index (χ0) is 18.0. The van der Waals surface area contributed by atoms with E-state index in [1.54, 1.807) is 40.8 Å². The largest absolute Gasteiger partial charge is 0.326 e. The summed E-state index contributed by atoms with van der Waals surface area (Å²) in [5.74, 6) is 0.270. The molecule has 7 heteroatoms. The topological polar surface area (TPSA) is 66.5 Å². The van der Waals surface area contributed by atoms with Gasteiger partial charge in [0, 0.05) is 25.7 Å². The number of anilines is 1. The highest BCUT2D eigenvalue weighted by Crippen LogP contribution is 2.32. The van der Waals surface area contributed by atoms with Crippen molar-refractivity contribution in [1.29, 1.82) is 0 Å². The first-order valence-corrected chi connectivity index (χ1v) is 10.7. The van der Waals surface area contributed by atoms with E-state index in [0.29, 0.717) is 35.2 Å². The first kappa shape index (κ1) is 18.1. The highest BCUT2D eigenvalue weighted by atomic mass is 32.2. The first-order chi connectivity index (χ1) is 11.9. The van der Waals surface area contributed by atoms with Gasteiger partial charge in [-0.2, -0.15) is 15.6 Å². The van der Waals surface area contributed by atoms with Crippen molar-refractivity contribution >= 4 is 33.0 Å². The maximum Gasteiger partial charge on any atom is 0.243 e. The molecule has 0 atom stereocenters. The van der Waals surface area contributed by atoms with E-state index in [-0.39, 0.29) is 5.91 Å². The molecule has 134 valence electrons. The Balaban J connectivity index is 1.75. The van der Waals surface area contributed by atoms with Crippen LogP contribution in [0.3, 0.4) is 0 Å². The van der Waals surface area contributed by atoms with E-state index in [1.807, 2.05) is 0 Å². The zero-order valence-electron chi connectivity index (χ0n) is 14.4. The van der Waals surface area contributed by atoms with Crippen LogP contribution in [0.25, 0.3) is 0 Å². The van der Waals surface area contributed by atoms with Crippen molar-refractivity contribution in [3.05, 3.63) is 46.2 Å². The van der Waals surface area contributed by atoms with Crippen LogP contribution in [0.15, 0.2) is 39.9 Å². The summed E-state index contributed by atoms with van der Waals surface area (Å²) in [5, 5.41) is 6.90. The minimum Gasteiger partial charge on any atom is -0.326 e. The molecule has 2 heterocycles. The minimum absolute atomic E-state index is 0.175. The van der Waals surface area contributed by atoms with Gasteiger partial charge in [-0.05, 0) is 71.8 Å². The van der Waals surface area contributed by atoms with Crippen LogP contribution in [-0.2, 0) is 14.8 Å². The fraction of sp³-hybridized carbons (Fsp3) is 0.389.